The van der Waals surface area contributed by atoms with E-state index in [4.69, 9.17) is 5.11 Å². The first-order valence-electron chi connectivity index (χ1n) is 6.97. The van der Waals surface area contributed by atoms with Gasteiger partial charge < -0.3 is 10.1 Å². The third kappa shape index (κ3) is 2.67. The standard InChI is InChI=1S/C15H17N3O3/c1-9-6-18(7-11(9)15(20)21)8-13-16-12-5-3-2-4-10(12)14(19)17-13/h2-5,9,11H,6-8H2,1H3,(H,20,21)(H,16,17,19)/t9-,11-/m1/s1. The number of para-hydroxylation sites is 1. The Balaban J connectivity index is 1.83. The molecule has 0 radical (unpaired) electrons. The van der Waals surface area contributed by atoms with Gasteiger partial charge in [-0.05, 0) is 18.1 Å². The molecule has 0 unspecified atom stereocenters. The zero-order valence-electron chi connectivity index (χ0n) is 11.7. The highest BCUT2D eigenvalue weighted by molar-refractivity contribution is 5.77. The van der Waals surface area contributed by atoms with Crippen LogP contribution in [0.1, 0.15) is 12.7 Å². The van der Waals surface area contributed by atoms with Gasteiger partial charge in [-0.1, -0.05) is 19.1 Å². The van der Waals surface area contributed by atoms with Crippen LogP contribution in [0.2, 0.25) is 0 Å². The molecule has 6 heteroatoms. The minimum Gasteiger partial charge on any atom is -0.481 e. The van der Waals surface area contributed by atoms with Gasteiger partial charge >= 0.3 is 5.97 Å². The molecule has 2 heterocycles. The summed E-state index contributed by atoms with van der Waals surface area (Å²) in [5, 5.41) is 9.72. The van der Waals surface area contributed by atoms with E-state index in [9.17, 15) is 9.59 Å². The predicted molar refractivity (Wildman–Crippen MR) is 77.9 cm³/mol. The van der Waals surface area contributed by atoms with Gasteiger partial charge in [0, 0.05) is 13.1 Å². The van der Waals surface area contributed by atoms with Gasteiger partial charge in [0.05, 0.1) is 23.4 Å². The first-order chi connectivity index (χ1) is 10.0. The van der Waals surface area contributed by atoms with Gasteiger partial charge in [0.2, 0.25) is 0 Å². The van der Waals surface area contributed by atoms with Crippen molar-refractivity contribution in [1.82, 2.24) is 14.9 Å². The van der Waals surface area contributed by atoms with Crippen LogP contribution in [-0.2, 0) is 11.3 Å². The van der Waals surface area contributed by atoms with Crippen molar-refractivity contribution < 1.29 is 9.90 Å². The number of nitrogens with zero attached hydrogens (tertiary/aromatic N) is 2. The highest BCUT2D eigenvalue weighted by Crippen LogP contribution is 2.24. The Morgan fingerprint density at radius 1 is 1.43 bits per heavy atom. The van der Waals surface area contributed by atoms with E-state index in [2.05, 4.69) is 9.97 Å². The fourth-order valence-electron chi connectivity index (χ4n) is 2.94. The Morgan fingerprint density at radius 3 is 2.90 bits per heavy atom. The van der Waals surface area contributed by atoms with Gasteiger partial charge in [-0.3, -0.25) is 14.5 Å². The topological polar surface area (TPSA) is 86.3 Å². The number of H-pyrrole nitrogens is 1. The second-order valence-electron chi connectivity index (χ2n) is 5.65. The van der Waals surface area contributed by atoms with E-state index in [0.717, 1.165) is 0 Å². The molecule has 1 aromatic carbocycles. The Morgan fingerprint density at radius 2 is 2.19 bits per heavy atom. The van der Waals surface area contributed by atoms with Gasteiger partial charge in [0.25, 0.3) is 5.56 Å². The molecule has 0 bridgehead atoms. The van der Waals surface area contributed by atoms with Crippen LogP contribution in [0.25, 0.3) is 10.9 Å². The molecule has 0 spiro atoms. The number of aromatic nitrogens is 2. The van der Waals surface area contributed by atoms with Crippen LogP contribution in [0.3, 0.4) is 0 Å². The van der Waals surface area contributed by atoms with Crippen molar-refractivity contribution in [2.75, 3.05) is 13.1 Å². The molecule has 0 aliphatic carbocycles. The molecule has 0 saturated carbocycles. The van der Waals surface area contributed by atoms with Gasteiger partial charge in [-0.25, -0.2) is 4.98 Å². The van der Waals surface area contributed by atoms with Gasteiger partial charge in [0.15, 0.2) is 0 Å². The summed E-state index contributed by atoms with van der Waals surface area (Å²) in [5.41, 5.74) is 0.510. The van der Waals surface area contributed by atoms with Crippen LogP contribution < -0.4 is 5.56 Å². The number of benzene rings is 1. The Hall–Kier alpha value is -2.21. The van der Waals surface area contributed by atoms with Crippen molar-refractivity contribution in [1.29, 1.82) is 0 Å². The molecule has 0 amide bonds. The number of carboxylic acids is 1. The number of fused-ring (bicyclic) bond motifs is 1. The molecule has 110 valence electrons. The summed E-state index contributed by atoms with van der Waals surface area (Å²) in [6, 6.07) is 7.19. The molecule has 6 nitrogen and oxygen atoms in total. The molecular formula is C15H17N3O3. The molecule has 1 aliphatic rings. The van der Waals surface area contributed by atoms with E-state index in [1.54, 1.807) is 18.2 Å². The lowest BCUT2D eigenvalue weighted by Gasteiger charge is -2.14. The molecule has 2 aromatic rings. The predicted octanol–water partition coefficient (Wildman–Crippen LogP) is 1.08. The second-order valence-corrected chi connectivity index (χ2v) is 5.65. The van der Waals surface area contributed by atoms with E-state index in [-0.39, 0.29) is 17.4 Å². The quantitative estimate of drug-likeness (QED) is 0.882. The van der Waals surface area contributed by atoms with Crippen LogP contribution >= 0.6 is 0 Å². The highest BCUT2D eigenvalue weighted by atomic mass is 16.4. The lowest BCUT2D eigenvalue weighted by molar-refractivity contribution is -0.142. The zero-order valence-corrected chi connectivity index (χ0v) is 11.7. The summed E-state index contributed by atoms with van der Waals surface area (Å²) in [7, 11) is 0. The Kier molecular flexibility index (Phi) is 3.47. The second kappa shape index (κ2) is 5.29. The smallest absolute Gasteiger partial charge is 0.308 e. The largest absolute Gasteiger partial charge is 0.481 e. The maximum atomic E-state index is 12.0. The summed E-state index contributed by atoms with van der Waals surface area (Å²) >= 11 is 0. The lowest BCUT2D eigenvalue weighted by atomic mass is 9.99. The number of aliphatic carboxylic acids is 1. The lowest BCUT2D eigenvalue weighted by Crippen LogP contribution is -2.25. The number of hydrogen-bond donors (Lipinski definition) is 2. The van der Waals surface area contributed by atoms with E-state index in [1.165, 1.54) is 0 Å². The molecule has 1 fully saturated rings. The number of nitrogens with one attached hydrogen (secondary N) is 1. The fraction of sp³-hybridized carbons (Fsp3) is 0.400. The fourth-order valence-corrected chi connectivity index (χ4v) is 2.94. The first-order valence-corrected chi connectivity index (χ1v) is 6.97. The maximum Gasteiger partial charge on any atom is 0.308 e. The Labute approximate surface area is 121 Å². The number of carboxylic acid groups (broad SMARTS) is 1. The van der Waals surface area contributed by atoms with Gasteiger partial charge in [-0.2, -0.15) is 0 Å². The van der Waals surface area contributed by atoms with Crippen LogP contribution in [0.15, 0.2) is 29.1 Å². The molecule has 1 aromatic heterocycles. The van der Waals surface area contributed by atoms with Gasteiger partial charge in [-0.15, -0.1) is 0 Å². The number of aromatic amines is 1. The third-order valence-electron chi connectivity index (χ3n) is 4.04. The Bertz CT molecular complexity index is 740. The van der Waals surface area contributed by atoms with E-state index < -0.39 is 5.97 Å². The van der Waals surface area contributed by atoms with Crippen LogP contribution in [-0.4, -0.2) is 39.0 Å². The average molecular weight is 287 g/mol. The third-order valence-corrected chi connectivity index (χ3v) is 4.04. The van der Waals surface area contributed by atoms with Crippen molar-refractivity contribution in [2.45, 2.75) is 13.5 Å². The average Bonchev–Trinajstić information content (AvgIpc) is 2.80. The molecule has 2 N–H and O–H groups in total. The molecule has 3 rings (SSSR count). The monoisotopic (exact) mass is 287 g/mol. The number of hydrogen-bond acceptors (Lipinski definition) is 4. The van der Waals surface area contributed by atoms with Crippen molar-refractivity contribution in [3.8, 4) is 0 Å². The van der Waals surface area contributed by atoms with Crippen molar-refractivity contribution in [3.05, 3.63) is 40.4 Å². The first kappa shape index (κ1) is 13.8. The normalized spacial score (nSPS) is 22.7. The summed E-state index contributed by atoms with van der Waals surface area (Å²) in [4.78, 5) is 32.4. The molecule has 1 saturated heterocycles. The summed E-state index contributed by atoms with van der Waals surface area (Å²) in [6.07, 6.45) is 0. The van der Waals surface area contributed by atoms with Gasteiger partial charge in [0.1, 0.15) is 5.82 Å². The molecule has 2 atom stereocenters. The minimum atomic E-state index is -0.759. The van der Waals surface area contributed by atoms with Crippen LogP contribution in [0.4, 0.5) is 0 Å². The number of rotatable bonds is 3. The maximum absolute atomic E-state index is 12.0. The number of carbonyl (C=O) groups is 1. The highest BCUT2D eigenvalue weighted by Gasteiger charge is 2.34. The molecule has 21 heavy (non-hydrogen) atoms. The SMILES string of the molecule is C[C@@H]1CN(Cc2nc3ccccc3c(=O)[nH]2)C[C@H]1C(=O)O. The molecule has 1 aliphatic heterocycles. The van der Waals surface area contributed by atoms with Crippen molar-refractivity contribution >= 4 is 16.9 Å². The van der Waals surface area contributed by atoms with E-state index in [1.807, 2.05) is 17.9 Å². The van der Waals surface area contributed by atoms with Crippen LogP contribution in [0.5, 0.6) is 0 Å². The van der Waals surface area contributed by atoms with Crippen molar-refractivity contribution in [2.24, 2.45) is 11.8 Å². The summed E-state index contributed by atoms with van der Waals surface area (Å²) < 4.78 is 0. The van der Waals surface area contributed by atoms with Crippen LogP contribution in [0, 0.1) is 11.8 Å². The number of likely N-dealkylation sites (tertiary alicyclic amines) is 1. The zero-order chi connectivity index (χ0) is 15.0. The van der Waals surface area contributed by atoms with E-state index >= 15 is 0 Å². The van der Waals surface area contributed by atoms with E-state index in [0.29, 0.717) is 36.4 Å². The minimum absolute atomic E-state index is 0.106. The summed E-state index contributed by atoms with van der Waals surface area (Å²) in [6.45, 7) is 3.60. The van der Waals surface area contributed by atoms with Crippen molar-refractivity contribution in [3.63, 3.8) is 0 Å². The molecular weight excluding hydrogens is 270 g/mol. The summed E-state index contributed by atoms with van der Waals surface area (Å²) in [5.74, 6) is -0.422.